The second kappa shape index (κ2) is 9.64. The van der Waals surface area contributed by atoms with Crippen LogP contribution >= 0.6 is 34.9 Å². The Kier molecular flexibility index (Phi) is 7.85. The van der Waals surface area contributed by atoms with Gasteiger partial charge in [0.1, 0.15) is 5.54 Å². The molecule has 1 saturated carbocycles. The summed E-state index contributed by atoms with van der Waals surface area (Å²) in [4.78, 5) is 14.2. The number of hydrogen-bond acceptors (Lipinski definition) is 7. The maximum absolute atomic E-state index is 12.5. The molecule has 0 bridgehead atoms. The van der Waals surface area contributed by atoms with Crippen LogP contribution in [0.5, 0.6) is 0 Å². The summed E-state index contributed by atoms with van der Waals surface area (Å²) >= 11 is 4.69. The number of carbonyl (C=O) groups is 1. The highest BCUT2D eigenvalue weighted by Crippen LogP contribution is 2.34. The molecule has 0 aromatic carbocycles. The molecule has 0 atom stereocenters. The Morgan fingerprint density at radius 1 is 1.29 bits per heavy atom. The molecule has 2 rings (SSSR count). The van der Waals surface area contributed by atoms with Crippen molar-refractivity contribution in [3.63, 3.8) is 0 Å². The standard InChI is InChI=1S/C16H24N4OS3/c1-3-4-10-22-14-18-19-15(24-14)23-11-13(21)20(2)16(12-17)8-6-5-7-9-16/h3-11H2,1-2H3. The smallest absolute Gasteiger partial charge is 0.234 e. The number of carbonyl (C=O) groups excluding carboxylic acids is 1. The van der Waals surface area contributed by atoms with Crippen LogP contribution in [-0.4, -0.2) is 45.1 Å². The van der Waals surface area contributed by atoms with Crippen molar-refractivity contribution in [1.29, 1.82) is 5.26 Å². The van der Waals surface area contributed by atoms with E-state index in [0.717, 1.165) is 46.5 Å². The molecule has 24 heavy (non-hydrogen) atoms. The van der Waals surface area contributed by atoms with Gasteiger partial charge in [-0.05, 0) is 19.3 Å². The molecule has 0 unspecified atom stereocenters. The molecule has 1 aromatic rings. The number of rotatable bonds is 8. The molecule has 0 saturated heterocycles. The van der Waals surface area contributed by atoms with Crippen molar-refractivity contribution in [2.45, 2.75) is 66.1 Å². The molecule has 1 heterocycles. The highest BCUT2D eigenvalue weighted by Gasteiger charge is 2.38. The van der Waals surface area contributed by atoms with Gasteiger partial charge in [0.05, 0.1) is 11.8 Å². The van der Waals surface area contributed by atoms with E-state index < -0.39 is 5.54 Å². The molecule has 1 amide bonds. The van der Waals surface area contributed by atoms with Gasteiger partial charge in [-0.25, -0.2) is 0 Å². The van der Waals surface area contributed by atoms with Gasteiger partial charge in [-0.15, -0.1) is 10.2 Å². The number of nitrogens with zero attached hydrogens (tertiary/aromatic N) is 4. The van der Waals surface area contributed by atoms with Gasteiger partial charge in [-0.1, -0.05) is 67.5 Å². The molecule has 0 aliphatic heterocycles. The first kappa shape index (κ1) is 19.5. The fraction of sp³-hybridized carbons (Fsp3) is 0.750. The van der Waals surface area contributed by atoms with Gasteiger partial charge in [0.25, 0.3) is 0 Å². The van der Waals surface area contributed by atoms with Gasteiger partial charge >= 0.3 is 0 Å². The van der Waals surface area contributed by atoms with Crippen molar-refractivity contribution < 1.29 is 4.79 Å². The minimum atomic E-state index is -0.613. The van der Waals surface area contributed by atoms with Crippen LogP contribution in [0, 0.1) is 11.3 Å². The van der Waals surface area contributed by atoms with E-state index in [1.54, 1.807) is 35.0 Å². The van der Waals surface area contributed by atoms with Crippen LogP contribution < -0.4 is 0 Å². The third-order valence-corrected chi connectivity index (χ3v) is 7.60. The molecular weight excluding hydrogens is 360 g/mol. The Labute approximate surface area is 156 Å². The van der Waals surface area contributed by atoms with E-state index in [9.17, 15) is 10.1 Å². The molecule has 1 fully saturated rings. The summed E-state index contributed by atoms with van der Waals surface area (Å²) in [6, 6.07) is 2.40. The average Bonchev–Trinajstić information content (AvgIpc) is 3.07. The molecule has 5 nitrogen and oxygen atoms in total. The second-order valence-electron chi connectivity index (χ2n) is 5.98. The molecule has 0 radical (unpaired) electrons. The molecule has 1 aromatic heterocycles. The summed E-state index contributed by atoms with van der Waals surface area (Å²) in [6.45, 7) is 2.17. The zero-order valence-corrected chi connectivity index (χ0v) is 16.7. The first-order valence-electron chi connectivity index (χ1n) is 8.38. The first-order valence-corrected chi connectivity index (χ1v) is 11.2. The van der Waals surface area contributed by atoms with Crippen molar-refractivity contribution in [2.75, 3.05) is 18.6 Å². The topological polar surface area (TPSA) is 69.9 Å². The van der Waals surface area contributed by atoms with Gasteiger partial charge in [0.15, 0.2) is 8.68 Å². The number of aromatic nitrogens is 2. The summed E-state index contributed by atoms with van der Waals surface area (Å²) in [6.07, 6.45) is 7.12. The molecule has 132 valence electrons. The normalized spacial score (nSPS) is 16.5. The first-order chi connectivity index (χ1) is 11.6. The fourth-order valence-corrected chi connectivity index (χ4v) is 5.82. The van der Waals surface area contributed by atoms with Gasteiger partial charge in [0.2, 0.25) is 5.91 Å². The van der Waals surface area contributed by atoms with Crippen molar-refractivity contribution in [1.82, 2.24) is 15.1 Å². The van der Waals surface area contributed by atoms with Crippen LogP contribution in [0.25, 0.3) is 0 Å². The number of nitriles is 1. The highest BCUT2D eigenvalue weighted by molar-refractivity contribution is 8.03. The summed E-state index contributed by atoms with van der Waals surface area (Å²) < 4.78 is 1.79. The average molecular weight is 385 g/mol. The van der Waals surface area contributed by atoms with Crippen LogP contribution in [0.3, 0.4) is 0 Å². The van der Waals surface area contributed by atoms with E-state index in [1.807, 2.05) is 0 Å². The zero-order chi connectivity index (χ0) is 17.4. The molecule has 0 spiro atoms. The van der Waals surface area contributed by atoms with Gasteiger partial charge in [-0.3, -0.25) is 4.79 Å². The maximum Gasteiger partial charge on any atom is 0.234 e. The zero-order valence-electron chi connectivity index (χ0n) is 14.3. The second-order valence-corrected chi connectivity index (χ2v) is 9.52. The van der Waals surface area contributed by atoms with E-state index in [1.165, 1.54) is 24.6 Å². The SMILES string of the molecule is CCCCSc1nnc(SCC(=O)N(C)C2(C#N)CCCCC2)s1. The summed E-state index contributed by atoms with van der Waals surface area (Å²) in [5.74, 6) is 1.37. The number of unbranched alkanes of at least 4 members (excludes halogenated alkanes) is 1. The van der Waals surface area contributed by atoms with Crippen molar-refractivity contribution >= 4 is 40.8 Å². The van der Waals surface area contributed by atoms with Crippen LogP contribution in [0.4, 0.5) is 0 Å². The lowest BCUT2D eigenvalue weighted by Crippen LogP contribution is -2.50. The molecular formula is C16H24N4OS3. The molecule has 0 N–H and O–H groups in total. The lowest BCUT2D eigenvalue weighted by atomic mass is 9.81. The third-order valence-electron chi connectivity index (χ3n) is 4.34. The Morgan fingerprint density at radius 2 is 1.96 bits per heavy atom. The fourth-order valence-electron chi connectivity index (χ4n) is 2.74. The van der Waals surface area contributed by atoms with E-state index in [4.69, 9.17) is 0 Å². The van der Waals surface area contributed by atoms with Crippen molar-refractivity contribution in [2.24, 2.45) is 0 Å². The van der Waals surface area contributed by atoms with Crippen LogP contribution in [0.1, 0.15) is 51.9 Å². The Balaban J connectivity index is 1.85. The summed E-state index contributed by atoms with van der Waals surface area (Å²) in [5, 5.41) is 17.9. The number of thioether (sulfide) groups is 2. The van der Waals surface area contributed by atoms with Gasteiger partial charge in [0, 0.05) is 12.8 Å². The minimum absolute atomic E-state index is 0.00108. The monoisotopic (exact) mass is 384 g/mol. The van der Waals surface area contributed by atoms with E-state index >= 15 is 0 Å². The lowest BCUT2D eigenvalue weighted by molar-refractivity contribution is -0.131. The maximum atomic E-state index is 12.5. The Bertz CT molecular complexity index is 578. The predicted molar refractivity (Wildman–Crippen MR) is 100 cm³/mol. The molecule has 8 heteroatoms. The van der Waals surface area contributed by atoms with Crippen molar-refractivity contribution in [3.05, 3.63) is 0 Å². The minimum Gasteiger partial charge on any atom is -0.326 e. The molecule has 1 aliphatic rings. The van der Waals surface area contributed by atoms with E-state index in [2.05, 4.69) is 23.2 Å². The van der Waals surface area contributed by atoms with Crippen molar-refractivity contribution in [3.8, 4) is 6.07 Å². The third kappa shape index (κ3) is 5.11. The van der Waals surface area contributed by atoms with Crippen LogP contribution in [0.15, 0.2) is 8.68 Å². The summed E-state index contributed by atoms with van der Waals surface area (Å²) in [7, 11) is 1.77. The highest BCUT2D eigenvalue weighted by atomic mass is 32.2. The largest absolute Gasteiger partial charge is 0.326 e. The van der Waals surface area contributed by atoms with Gasteiger partial charge < -0.3 is 4.90 Å². The number of hydrogen-bond donors (Lipinski definition) is 0. The van der Waals surface area contributed by atoms with E-state index in [-0.39, 0.29) is 5.91 Å². The summed E-state index contributed by atoms with van der Waals surface area (Å²) in [5.41, 5.74) is -0.613. The number of amides is 1. The van der Waals surface area contributed by atoms with Crippen LogP contribution in [0.2, 0.25) is 0 Å². The van der Waals surface area contributed by atoms with Crippen LogP contribution in [-0.2, 0) is 4.79 Å². The quantitative estimate of drug-likeness (QED) is 0.494. The lowest BCUT2D eigenvalue weighted by Gasteiger charge is -2.38. The van der Waals surface area contributed by atoms with Gasteiger partial charge in [-0.2, -0.15) is 5.26 Å². The van der Waals surface area contributed by atoms with E-state index in [0.29, 0.717) is 5.75 Å². The predicted octanol–water partition coefficient (Wildman–Crippen LogP) is 4.21. The molecule has 1 aliphatic carbocycles. The Hall–Kier alpha value is -0.780. The Morgan fingerprint density at radius 3 is 2.58 bits per heavy atom.